The Labute approximate surface area is 182 Å². The van der Waals surface area contributed by atoms with Gasteiger partial charge in [-0.05, 0) is 48.5 Å². The highest BCUT2D eigenvalue weighted by Gasteiger charge is 2.12. The molecule has 148 valence electrons. The SMILES string of the molecule is O=C(COc1ccccc1Cl)Nc1cccc(NC(=O)c2ccc(Cl)cc2Cl)c1. The highest BCUT2D eigenvalue weighted by molar-refractivity contribution is 6.37. The van der Waals surface area contributed by atoms with Gasteiger partial charge in [0.15, 0.2) is 6.61 Å². The summed E-state index contributed by atoms with van der Waals surface area (Å²) in [5.74, 6) is -0.337. The second kappa shape index (κ2) is 9.65. The summed E-state index contributed by atoms with van der Waals surface area (Å²) in [4.78, 5) is 24.5. The Morgan fingerprint density at radius 3 is 2.24 bits per heavy atom. The van der Waals surface area contributed by atoms with Crippen LogP contribution in [0.3, 0.4) is 0 Å². The van der Waals surface area contributed by atoms with Crippen LogP contribution < -0.4 is 15.4 Å². The molecule has 0 aliphatic carbocycles. The first-order chi connectivity index (χ1) is 13.9. The van der Waals surface area contributed by atoms with Crippen molar-refractivity contribution in [2.24, 2.45) is 0 Å². The molecule has 0 atom stereocenters. The summed E-state index contributed by atoms with van der Waals surface area (Å²) in [5, 5.41) is 6.54. The number of nitrogens with one attached hydrogen (secondary N) is 2. The lowest BCUT2D eigenvalue weighted by molar-refractivity contribution is -0.118. The van der Waals surface area contributed by atoms with Crippen LogP contribution in [0.2, 0.25) is 15.1 Å². The molecule has 29 heavy (non-hydrogen) atoms. The molecule has 3 aromatic rings. The fraction of sp³-hybridized carbons (Fsp3) is 0.0476. The topological polar surface area (TPSA) is 67.4 Å². The van der Waals surface area contributed by atoms with E-state index in [1.165, 1.54) is 12.1 Å². The van der Waals surface area contributed by atoms with Crippen molar-refractivity contribution >= 4 is 58.0 Å². The molecule has 0 aromatic heterocycles. The molecule has 0 aliphatic heterocycles. The molecule has 0 saturated carbocycles. The van der Waals surface area contributed by atoms with Crippen molar-refractivity contribution in [2.45, 2.75) is 0 Å². The number of benzene rings is 3. The molecule has 0 heterocycles. The molecular weight excluding hydrogens is 435 g/mol. The molecule has 2 N–H and O–H groups in total. The number of anilines is 2. The van der Waals surface area contributed by atoms with Gasteiger partial charge in [-0.1, -0.05) is 53.0 Å². The molecule has 0 bridgehead atoms. The van der Waals surface area contributed by atoms with Gasteiger partial charge in [-0.3, -0.25) is 9.59 Å². The van der Waals surface area contributed by atoms with Crippen LogP contribution in [0, 0.1) is 0 Å². The van der Waals surface area contributed by atoms with Crippen LogP contribution in [0.1, 0.15) is 10.4 Å². The molecule has 8 heteroatoms. The maximum Gasteiger partial charge on any atom is 0.262 e. The number of para-hydroxylation sites is 1. The highest BCUT2D eigenvalue weighted by Crippen LogP contribution is 2.24. The molecule has 0 saturated heterocycles. The van der Waals surface area contributed by atoms with Crippen LogP contribution in [0.4, 0.5) is 11.4 Å². The van der Waals surface area contributed by atoms with Crippen molar-refractivity contribution < 1.29 is 14.3 Å². The number of ether oxygens (including phenoxy) is 1. The summed E-state index contributed by atoms with van der Waals surface area (Å²) in [6, 6.07) is 18.2. The van der Waals surface area contributed by atoms with E-state index < -0.39 is 5.91 Å². The number of rotatable bonds is 6. The van der Waals surface area contributed by atoms with Gasteiger partial charge in [0.25, 0.3) is 11.8 Å². The Hall–Kier alpha value is -2.73. The lowest BCUT2D eigenvalue weighted by Crippen LogP contribution is -2.20. The molecule has 0 aliphatic rings. The average Bonchev–Trinajstić information content (AvgIpc) is 2.67. The zero-order chi connectivity index (χ0) is 20.8. The Bertz CT molecular complexity index is 1060. The summed E-state index contributed by atoms with van der Waals surface area (Å²) >= 11 is 17.9. The van der Waals surface area contributed by atoms with Crippen LogP contribution in [-0.2, 0) is 4.79 Å². The van der Waals surface area contributed by atoms with E-state index in [4.69, 9.17) is 39.5 Å². The minimum Gasteiger partial charge on any atom is -0.482 e. The van der Waals surface area contributed by atoms with E-state index in [1.807, 2.05) is 0 Å². The van der Waals surface area contributed by atoms with Gasteiger partial charge >= 0.3 is 0 Å². The maximum atomic E-state index is 12.4. The minimum atomic E-state index is -0.391. The largest absolute Gasteiger partial charge is 0.482 e. The van der Waals surface area contributed by atoms with E-state index in [1.54, 1.807) is 54.6 Å². The molecule has 0 spiro atoms. The average molecular weight is 450 g/mol. The lowest BCUT2D eigenvalue weighted by Gasteiger charge is -2.11. The number of carbonyl (C=O) groups is 2. The van der Waals surface area contributed by atoms with Crippen molar-refractivity contribution in [3.05, 3.63) is 87.4 Å². The summed E-state index contributed by atoms with van der Waals surface area (Å²) in [7, 11) is 0. The molecule has 3 rings (SSSR count). The van der Waals surface area contributed by atoms with Crippen molar-refractivity contribution in [3.8, 4) is 5.75 Å². The fourth-order valence-corrected chi connectivity index (χ4v) is 3.13. The Kier molecular flexibility index (Phi) is 6.99. The van der Waals surface area contributed by atoms with E-state index in [0.29, 0.717) is 32.7 Å². The van der Waals surface area contributed by atoms with Gasteiger partial charge in [-0.25, -0.2) is 0 Å². The molecule has 3 aromatic carbocycles. The van der Waals surface area contributed by atoms with Crippen LogP contribution in [0.15, 0.2) is 66.7 Å². The van der Waals surface area contributed by atoms with Gasteiger partial charge in [0.05, 0.1) is 15.6 Å². The van der Waals surface area contributed by atoms with Crippen LogP contribution in [0.5, 0.6) is 5.75 Å². The molecule has 0 radical (unpaired) electrons. The van der Waals surface area contributed by atoms with E-state index in [2.05, 4.69) is 10.6 Å². The third kappa shape index (κ3) is 5.87. The van der Waals surface area contributed by atoms with Crippen molar-refractivity contribution in [3.63, 3.8) is 0 Å². The van der Waals surface area contributed by atoms with Gasteiger partial charge < -0.3 is 15.4 Å². The molecule has 0 fully saturated rings. The van der Waals surface area contributed by atoms with E-state index in [0.717, 1.165) is 0 Å². The normalized spacial score (nSPS) is 10.3. The molecule has 2 amide bonds. The van der Waals surface area contributed by atoms with Crippen LogP contribution in [0.25, 0.3) is 0 Å². The first-order valence-corrected chi connectivity index (χ1v) is 9.59. The van der Waals surface area contributed by atoms with Crippen molar-refractivity contribution in [1.82, 2.24) is 0 Å². The highest BCUT2D eigenvalue weighted by atomic mass is 35.5. The first-order valence-electron chi connectivity index (χ1n) is 8.46. The second-order valence-corrected chi connectivity index (χ2v) is 7.18. The summed E-state index contributed by atoms with van der Waals surface area (Å²) in [5.41, 5.74) is 1.28. The molecule has 5 nitrogen and oxygen atoms in total. The summed E-state index contributed by atoms with van der Waals surface area (Å²) in [6.07, 6.45) is 0. The van der Waals surface area contributed by atoms with Gasteiger partial charge in [-0.2, -0.15) is 0 Å². The van der Waals surface area contributed by atoms with E-state index >= 15 is 0 Å². The van der Waals surface area contributed by atoms with Gasteiger partial charge in [0.1, 0.15) is 5.75 Å². The third-order valence-electron chi connectivity index (χ3n) is 3.78. The van der Waals surface area contributed by atoms with Crippen LogP contribution in [-0.4, -0.2) is 18.4 Å². The van der Waals surface area contributed by atoms with Crippen molar-refractivity contribution in [2.75, 3.05) is 17.2 Å². The van der Waals surface area contributed by atoms with E-state index in [-0.39, 0.29) is 17.5 Å². The minimum absolute atomic E-state index is 0.208. The number of carbonyl (C=O) groups excluding carboxylic acids is 2. The predicted molar refractivity (Wildman–Crippen MR) is 116 cm³/mol. The summed E-state index contributed by atoms with van der Waals surface area (Å²) in [6.45, 7) is -0.208. The van der Waals surface area contributed by atoms with Crippen LogP contribution >= 0.6 is 34.8 Å². The smallest absolute Gasteiger partial charge is 0.262 e. The first kappa shape index (κ1) is 21.0. The zero-order valence-corrected chi connectivity index (χ0v) is 17.2. The predicted octanol–water partition coefficient (Wildman–Crippen LogP) is 5.92. The Morgan fingerprint density at radius 1 is 0.793 bits per heavy atom. The number of amides is 2. The lowest BCUT2D eigenvalue weighted by atomic mass is 10.2. The number of hydrogen-bond acceptors (Lipinski definition) is 3. The number of halogens is 3. The third-order valence-corrected chi connectivity index (χ3v) is 4.64. The van der Waals surface area contributed by atoms with Gasteiger partial charge in [0, 0.05) is 16.4 Å². The van der Waals surface area contributed by atoms with Gasteiger partial charge in [0.2, 0.25) is 0 Å². The second-order valence-electron chi connectivity index (χ2n) is 5.93. The molecular formula is C21H15Cl3N2O3. The number of hydrogen-bond donors (Lipinski definition) is 2. The molecule has 0 unspecified atom stereocenters. The quantitative estimate of drug-likeness (QED) is 0.491. The zero-order valence-electron chi connectivity index (χ0n) is 14.9. The standard InChI is InChI=1S/C21H15Cl3N2O3/c22-13-8-9-16(18(24)10-13)21(28)26-15-5-3-4-14(11-15)25-20(27)12-29-19-7-2-1-6-17(19)23/h1-11H,12H2,(H,25,27)(H,26,28). The van der Waals surface area contributed by atoms with E-state index in [9.17, 15) is 9.59 Å². The Morgan fingerprint density at radius 2 is 1.52 bits per heavy atom. The summed E-state index contributed by atoms with van der Waals surface area (Å²) < 4.78 is 5.41. The fourth-order valence-electron chi connectivity index (χ4n) is 2.45. The van der Waals surface area contributed by atoms with Crippen molar-refractivity contribution in [1.29, 1.82) is 0 Å². The Balaban J connectivity index is 1.61. The maximum absolute atomic E-state index is 12.4. The monoisotopic (exact) mass is 448 g/mol. The van der Waals surface area contributed by atoms with Gasteiger partial charge in [-0.15, -0.1) is 0 Å².